The summed E-state index contributed by atoms with van der Waals surface area (Å²) < 4.78 is 12.0. The number of benzene rings is 1. The summed E-state index contributed by atoms with van der Waals surface area (Å²) in [6, 6.07) is 10.3. The van der Waals surface area contributed by atoms with Crippen molar-refractivity contribution in [3.8, 4) is 28.7 Å². The van der Waals surface area contributed by atoms with E-state index in [0.717, 1.165) is 0 Å². The second-order valence-corrected chi connectivity index (χ2v) is 5.75. The average Bonchev–Trinajstić information content (AvgIpc) is 3.08. The highest BCUT2D eigenvalue weighted by molar-refractivity contribution is 6.32. The highest BCUT2D eigenvalue weighted by Crippen LogP contribution is 2.35. The van der Waals surface area contributed by atoms with E-state index in [1.807, 2.05) is 0 Å². The lowest BCUT2D eigenvalue weighted by atomic mass is 10.1. The number of para-hydroxylation sites is 1. The normalized spacial score (nSPS) is 12.2. The molecule has 8 heteroatoms. The lowest BCUT2D eigenvalue weighted by molar-refractivity contribution is -0.0990. The molecule has 2 N–H and O–H groups in total. The van der Waals surface area contributed by atoms with Gasteiger partial charge in [-0.2, -0.15) is 9.78 Å². The summed E-state index contributed by atoms with van der Waals surface area (Å²) in [5.74, 6) is 0.721. The molecule has 0 bridgehead atoms. The van der Waals surface area contributed by atoms with Gasteiger partial charge in [0, 0.05) is 12.2 Å². The molecule has 1 atom stereocenters. The molecule has 0 saturated heterocycles. The lowest BCUT2D eigenvalue weighted by Gasteiger charge is -2.12. The fraction of sp³-hybridized carbons (Fsp3) is 0.222. The Morgan fingerprint density at radius 2 is 2.00 bits per heavy atom. The van der Waals surface area contributed by atoms with Crippen LogP contribution in [0.25, 0.3) is 17.1 Å². The number of ether oxygens (including phenoxy) is 2. The van der Waals surface area contributed by atoms with Gasteiger partial charge in [0.05, 0.1) is 29.6 Å². The van der Waals surface area contributed by atoms with Gasteiger partial charge in [0.15, 0.2) is 12.1 Å². The van der Waals surface area contributed by atoms with Crippen LogP contribution in [0.3, 0.4) is 0 Å². The van der Waals surface area contributed by atoms with Gasteiger partial charge in [-0.1, -0.05) is 23.7 Å². The van der Waals surface area contributed by atoms with Gasteiger partial charge in [0.2, 0.25) is 5.88 Å². The largest absolute Gasteiger partial charge is 0.506 e. The Kier molecular flexibility index (Phi) is 5.41. The van der Waals surface area contributed by atoms with Gasteiger partial charge in [0.1, 0.15) is 5.75 Å². The van der Waals surface area contributed by atoms with Crippen molar-refractivity contribution in [2.45, 2.75) is 13.2 Å². The SMILES string of the molecule is CCOC(O)c1cnn(-c2cccc(-c3cccc(Cl)c3O)n2)c1OC. The minimum Gasteiger partial charge on any atom is -0.506 e. The number of rotatable bonds is 6. The first-order chi connectivity index (χ1) is 12.6. The van der Waals surface area contributed by atoms with Crippen LogP contribution in [0.2, 0.25) is 5.02 Å². The van der Waals surface area contributed by atoms with Crippen molar-refractivity contribution in [3.63, 3.8) is 0 Å². The first-order valence-corrected chi connectivity index (χ1v) is 8.31. The Bertz CT molecular complexity index is 913. The van der Waals surface area contributed by atoms with Gasteiger partial charge in [-0.05, 0) is 31.2 Å². The zero-order valence-electron chi connectivity index (χ0n) is 14.3. The van der Waals surface area contributed by atoms with Gasteiger partial charge in [-0.15, -0.1) is 0 Å². The van der Waals surface area contributed by atoms with Crippen LogP contribution in [0, 0.1) is 0 Å². The van der Waals surface area contributed by atoms with Gasteiger partial charge in [-0.25, -0.2) is 4.98 Å². The summed E-state index contributed by atoms with van der Waals surface area (Å²) in [6.07, 6.45) is 0.313. The minimum atomic E-state index is -1.15. The summed E-state index contributed by atoms with van der Waals surface area (Å²) in [4.78, 5) is 4.52. The summed E-state index contributed by atoms with van der Waals surface area (Å²) in [6.45, 7) is 2.12. The number of pyridine rings is 1. The van der Waals surface area contributed by atoms with Gasteiger partial charge < -0.3 is 19.7 Å². The van der Waals surface area contributed by atoms with Crippen molar-refractivity contribution in [2.24, 2.45) is 0 Å². The topological polar surface area (TPSA) is 89.6 Å². The van der Waals surface area contributed by atoms with Crippen molar-refractivity contribution in [1.82, 2.24) is 14.8 Å². The summed E-state index contributed by atoms with van der Waals surface area (Å²) >= 11 is 5.98. The van der Waals surface area contributed by atoms with Gasteiger partial charge in [-0.3, -0.25) is 0 Å². The first-order valence-electron chi connectivity index (χ1n) is 7.93. The second-order valence-electron chi connectivity index (χ2n) is 5.35. The monoisotopic (exact) mass is 375 g/mol. The van der Waals surface area contributed by atoms with Crippen LogP contribution in [0.15, 0.2) is 42.6 Å². The number of hydrogen-bond acceptors (Lipinski definition) is 6. The zero-order chi connectivity index (χ0) is 18.7. The van der Waals surface area contributed by atoms with Crippen LogP contribution in [0.5, 0.6) is 11.6 Å². The molecule has 136 valence electrons. The molecule has 26 heavy (non-hydrogen) atoms. The fourth-order valence-electron chi connectivity index (χ4n) is 2.55. The van der Waals surface area contributed by atoms with Crippen LogP contribution in [0.4, 0.5) is 0 Å². The van der Waals surface area contributed by atoms with Crippen LogP contribution in [-0.2, 0) is 4.74 Å². The quantitative estimate of drug-likeness (QED) is 0.642. The van der Waals surface area contributed by atoms with Crippen LogP contribution >= 0.6 is 11.6 Å². The predicted octanol–water partition coefficient (Wildman–Crippen LogP) is 3.33. The number of methoxy groups -OCH3 is 1. The highest BCUT2D eigenvalue weighted by atomic mass is 35.5. The second kappa shape index (κ2) is 7.74. The third-order valence-electron chi connectivity index (χ3n) is 3.75. The van der Waals surface area contributed by atoms with E-state index in [0.29, 0.717) is 35.1 Å². The third kappa shape index (κ3) is 3.37. The fourth-order valence-corrected chi connectivity index (χ4v) is 2.72. The van der Waals surface area contributed by atoms with Crippen LogP contribution < -0.4 is 4.74 Å². The smallest absolute Gasteiger partial charge is 0.226 e. The maximum Gasteiger partial charge on any atom is 0.226 e. The number of aromatic nitrogens is 3. The number of hydrogen-bond donors (Lipinski definition) is 2. The van der Waals surface area contributed by atoms with E-state index in [-0.39, 0.29) is 10.8 Å². The molecule has 2 aromatic heterocycles. The molecule has 0 fully saturated rings. The van der Waals surface area contributed by atoms with E-state index in [4.69, 9.17) is 21.1 Å². The lowest BCUT2D eigenvalue weighted by Crippen LogP contribution is -2.07. The summed E-state index contributed by atoms with van der Waals surface area (Å²) in [5.41, 5.74) is 1.42. The van der Waals surface area contributed by atoms with E-state index in [9.17, 15) is 10.2 Å². The van der Waals surface area contributed by atoms with Crippen molar-refractivity contribution in [1.29, 1.82) is 0 Å². The molecule has 0 aliphatic heterocycles. The Morgan fingerprint density at radius 3 is 2.73 bits per heavy atom. The molecule has 3 rings (SSSR count). The van der Waals surface area contributed by atoms with E-state index >= 15 is 0 Å². The van der Waals surface area contributed by atoms with Gasteiger partial charge >= 0.3 is 0 Å². The molecular weight excluding hydrogens is 358 g/mol. The number of aromatic hydroxyl groups is 1. The van der Waals surface area contributed by atoms with Crippen molar-refractivity contribution >= 4 is 11.6 Å². The van der Waals surface area contributed by atoms with Crippen molar-refractivity contribution < 1.29 is 19.7 Å². The molecule has 3 aromatic rings. The molecule has 2 heterocycles. The standard InChI is InChI=1S/C18H18ClN3O4/c1-3-26-18(24)12-10-20-22(17(12)25-2)15-9-5-8-14(21-15)11-6-4-7-13(19)16(11)23/h4-10,18,23-24H,3H2,1-2H3. The number of halogens is 1. The minimum absolute atomic E-state index is 0.0429. The molecule has 0 aliphatic rings. The van der Waals surface area contributed by atoms with Crippen molar-refractivity contribution in [3.05, 3.63) is 53.2 Å². The van der Waals surface area contributed by atoms with E-state index in [1.165, 1.54) is 18.0 Å². The molecule has 1 aromatic carbocycles. The maximum atomic E-state index is 10.2. The molecule has 0 spiro atoms. The Hall–Kier alpha value is -2.61. The molecule has 0 saturated carbocycles. The van der Waals surface area contributed by atoms with Crippen LogP contribution in [-0.4, -0.2) is 38.7 Å². The average molecular weight is 376 g/mol. The van der Waals surface area contributed by atoms with Gasteiger partial charge in [0.25, 0.3) is 0 Å². The molecule has 0 aliphatic carbocycles. The molecule has 0 amide bonds. The molecular formula is C18H18ClN3O4. The summed E-state index contributed by atoms with van der Waals surface area (Å²) in [5, 5.41) is 24.7. The first kappa shape index (κ1) is 18.2. The maximum absolute atomic E-state index is 10.2. The molecule has 0 radical (unpaired) electrons. The molecule has 7 nitrogen and oxygen atoms in total. The number of phenols is 1. The highest BCUT2D eigenvalue weighted by Gasteiger charge is 2.21. The van der Waals surface area contributed by atoms with Crippen LogP contribution in [0.1, 0.15) is 18.8 Å². The summed E-state index contributed by atoms with van der Waals surface area (Å²) in [7, 11) is 1.47. The molecule has 1 unspecified atom stereocenters. The number of aliphatic hydroxyl groups is 1. The Labute approximate surface area is 155 Å². The third-order valence-corrected chi connectivity index (χ3v) is 4.05. The van der Waals surface area contributed by atoms with E-state index in [1.54, 1.807) is 43.3 Å². The predicted molar refractivity (Wildman–Crippen MR) is 96.6 cm³/mol. The van der Waals surface area contributed by atoms with E-state index < -0.39 is 6.29 Å². The van der Waals surface area contributed by atoms with Crippen molar-refractivity contribution in [2.75, 3.05) is 13.7 Å². The number of aliphatic hydroxyl groups excluding tert-OH is 1. The number of phenolic OH excluding ortho intramolecular Hbond substituents is 1. The Morgan fingerprint density at radius 1 is 1.23 bits per heavy atom. The zero-order valence-corrected chi connectivity index (χ0v) is 15.0. The number of nitrogens with zero attached hydrogens (tertiary/aromatic N) is 3. The Balaban J connectivity index is 2.05. The van der Waals surface area contributed by atoms with E-state index in [2.05, 4.69) is 10.1 Å².